The van der Waals surface area contributed by atoms with Gasteiger partial charge in [0.1, 0.15) is 5.75 Å². The Hall–Kier alpha value is -1.50. The Morgan fingerprint density at radius 1 is 1.07 bits per heavy atom. The van der Waals surface area contributed by atoms with Crippen LogP contribution in [0.4, 0.5) is 5.69 Å². The molecular weight excluding hydrogens is 376 g/mol. The topological polar surface area (TPSA) is 39.3 Å². The lowest BCUT2D eigenvalue weighted by molar-refractivity contribution is -0.134. The van der Waals surface area contributed by atoms with E-state index in [0.717, 1.165) is 74.9 Å². The molecule has 3 fully saturated rings. The molecule has 0 atom stereocenters. The lowest BCUT2D eigenvalue weighted by atomic mass is 9.91. The van der Waals surface area contributed by atoms with E-state index in [4.69, 9.17) is 16.3 Å². The molecule has 4 rings (SSSR count). The molecule has 1 aliphatic carbocycles. The molecule has 28 heavy (non-hydrogen) atoms. The van der Waals surface area contributed by atoms with E-state index in [1.165, 1.54) is 19.3 Å². The van der Waals surface area contributed by atoms with Gasteiger partial charge in [0.2, 0.25) is 5.91 Å². The average Bonchev–Trinajstić information content (AvgIpc) is 2.68. The largest absolute Gasteiger partial charge is 0.495 e. The number of carbonyl (C=O) groups is 1. The third-order valence-corrected chi connectivity index (χ3v) is 6.71. The first kappa shape index (κ1) is 19.8. The summed E-state index contributed by atoms with van der Waals surface area (Å²) in [4.78, 5) is 21.9. The third kappa shape index (κ3) is 4.39. The van der Waals surface area contributed by atoms with Crippen LogP contribution in [0.3, 0.4) is 0 Å². The number of methoxy groups -OCH3 is 1. The zero-order valence-corrected chi connectivity index (χ0v) is 17.5. The van der Waals surface area contributed by atoms with Crippen LogP contribution < -0.4 is 9.64 Å². The first-order valence-electron chi connectivity index (χ1n) is 10.5. The average molecular weight is 407 g/mol. The summed E-state index contributed by atoms with van der Waals surface area (Å²) in [6.45, 7) is 7.89. The molecule has 0 spiro atoms. The van der Waals surface area contributed by atoms with E-state index in [2.05, 4.69) is 19.6 Å². The van der Waals surface area contributed by atoms with E-state index in [0.29, 0.717) is 6.54 Å². The molecule has 7 heteroatoms. The molecule has 1 saturated carbocycles. The second kappa shape index (κ2) is 8.89. The van der Waals surface area contributed by atoms with Gasteiger partial charge in [0.25, 0.3) is 0 Å². The van der Waals surface area contributed by atoms with Crippen molar-refractivity contribution in [3.8, 4) is 5.75 Å². The van der Waals surface area contributed by atoms with Crippen LogP contribution >= 0.6 is 11.6 Å². The molecule has 2 heterocycles. The van der Waals surface area contributed by atoms with Gasteiger partial charge < -0.3 is 14.5 Å². The van der Waals surface area contributed by atoms with E-state index >= 15 is 0 Å². The van der Waals surface area contributed by atoms with Gasteiger partial charge in [-0.1, -0.05) is 18.0 Å². The number of ether oxygens (including phenoxy) is 1. The Morgan fingerprint density at radius 3 is 2.39 bits per heavy atom. The number of carbonyl (C=O) groups excluding carboxylic acids is 1. The lowest BCUT2D eigenvalue weighted by Crippen LogP contribution is -2.56. The number of halogens is 1. The van der Waals surface area contributed by atoms with Gasteiger partial charge >= 0.3 is 0 Å². The normalized spacial score (nSPS) is 22.2. The second-order valence-electron chi connectivity index (χ2n) is 8.08. The van der Waals surface area contributed by atoms with Crippen LogP contribution in [0.1, 0.15) is 19.3 Å². The van der Waals surface area contributed by atoms with Crippen LogP contribution in [-0.2, 0) is 4.79 Å². The SMILES string of the molecule is COc1ccc(Cl)cc1N1CCN(CC(=O)N2CCN(C3CCC3)CC2)CC1. The van der Waals surface area contributed by atoms with Crippen molar-refractivity contribution in [1.82, 2.24) is 14.7 Å². The van der Waals surface area contributed by atoms with Gasteiger partial charge in [-0.3, -0.25) is 14.6 Å². The van der Waals surface area contributed by atoms with Crippen LogP contribution in [0, 0.1) is 0 Å². The second-order valence-corrected chi connectivity index (χ2v) is 8.52. The van der Waals surface area contributed by atoms with Gasteiger partial charge in [0.05, 0.1) is 19.3 Å². The highest BCUT2D eigenvalue weighted by Crippen LogP contribution is 2.32. The molecule has 0 N–H and O–H groups in total. The first-order chi connectivity index (χ1) is 13.6. The monoisotopic (exact) mass is 406 g/mol. The maximum Gasteiger partial charge on any atom is 0.236 e. The van der Waals surface area contributed by atoms with Crippen molar-refractivity contribution >= 4 is 23.2 Å². The Balaban J connectivity index is 1.24. The van der Waals surface area contributed by atoms with Crippen LogP contribution in [-0.4, -0.2) is 92.7 Å². The van der Waals surface area contributed by atoms with Crippen molar-refractivity contribution in [3.63, 3.8) is 0 Å². The first-order valence-corrected chi connectivity index (χ1v) is 10.8. The maximum atomic E-state index is 12.7. The number of hydrogen-bond donors (Lipinski definition) is 0. The number of benzene rings is 1. The molecule has 6 nitrogen and oxygen atoms in total. The van der Waals surface area contributed by atoms with Gasteiger partial charge in [-0.2, -0.15) is 0 Å². The fraction of sp³-hybridized carbons (Fsp3) is 0.667. The van der Waals surface area contributed by atoms with E-state index < -0.39 is 0 Å². The standard InChI is InChI=1S/C21H31ClN4O2/c1-28-20-6-5-17(22)15-19(20)25-9-7-23(8-10-25)16-21(27)26-13-11-24(12-14-26)18-3-2-4-18/h5-6,15,18H,2-4,7-14,16H2,1H3. The van der Waals surface area contributed by atoms with Crippen molar-refractivity contribution in [1.29, 1.82) is 0 Å². The van der Waals surface area contributed by atoms with Crippen LogP contribution in [0.2, 0.25) is 5.02 Å². The molecule has 0 aromatic heterocycles. The van der Waals surface area contributed by atoms with Crippen LogP contribution in [0.25, 0.3) is 0 Å². The van der Waals surface area contributed by atoms with Gasteiger partial charge in [0, 0.05) is 63.4 Å². The molecule has 154 valence electrons. The minimum atomic E-state index is 0.280. The van der Waals surface area contributed by atoms with Gasteiger partial charge in [0.15, 0.2) is 0 Å². The number of rotatable bonds is 5. The number of amides is 1. The Labute approximate surface area is 173 Å². The molecule has 1 amide bonds. The van der Waals surface area contributed by atoms with Crippen molar-refractivity contribution < 1.29 is 9.53 Å². The Bertz CT molecular complexity index is 681. The summed E-state index contributed by atoms with van der Waals surface area (Å²) >= 11 is 6.17. The summed E-state index contributed by atoms with van der Waals surface area (Å²) in [7, 11) is 1.69. The van der Waals surface area contributed by atoms with Gasteiger partial charge in [-0.25, -0.2) is 0 Å². The minimum absolute atomic E-state index is 0.280. The molecule has 3 aliphatic rings. The smallest absolute Gasteiger partial charge is 0.236 e. The molecule has 0 radical (unpaired) electrons. The van der Waals surface area contributed by atoms with Crippen molar-refractivity contribution in [2.75, 3.05) is 70.9 Å². The van der Waals surface area contributed by atoms with E-state index in [9.17, 15) is 4.79 Å². The maximum absolute atomic E-state index is 12.7. The van der Waals surface area contributed by atoms with Crippen molar-refractivity contribution in [3.05, 3.63) is 23.2 Å². The van der Waals surface area contributed by atoms with Gasteiger partial charge in [-0.15, -0.1) is 0 Å². The summed E-state index contributed by atoms with van der Waals surface area (Å²) in [6.07, 6.45) is 4.06. The highest BCUT2D eigenvalue weighted by Gasteiger charge is 2.30. The van der Waals surface area contributed by atoms with Gasteiger partial charge in [-0.05, 0) is 31.0 Å². The molecule has 1 aromatic carbocycles. The molecule has 1 aromatic rings. The molecular formula is C21H31ClN4O2. The van der Waals surface area contributed by atoms with Crippen molar-refractivity contribution in [2.45, 2.75) is 25.3 Å². The summed E-state index contributed by atoms with van der Waals surface area (Å²) in [5.74, 6) is 1.13. The number of nitrogens with zero attached hydrogens (tertiary/aromatic N) is 4. The Kier molecular flexibility index (Phi) is 6.28. The number of anilines is 1. The molecule has 2 saturated heterocycles. The summed E-state index contributed by atoms with van der Waals surface area (Å²) < 4.78 is 5.48. The lowest BCUT2D eigenvalue weighted by Gasteiger charge is -2.43. The number of hydrogen-bond acceptors (Lipinski definition) is 5. The van der Waals surface area contributed by atoms with Crippen LogP contribution in [0.15, 0.2) is 18.2 Å². The van der Waals surface area contributed by atoms with Crippen LogP contribution in [0.5, 0.6) is 5.75 Å². The molecule has 0 bridgehead atoms. The van der Waals surface area contributed by atoms with E-state index in [-0.39, 0.29) is 5.91 Å². The predicted octanol–water partition coefficient (Wildman–Crippen LogP) is 2.17. The van der Waals surface area contributed by atoms with E-state index in [1.807, 2.05) is 18.2 Å². The zero-order chi connectivity index (χ0) is 19.5. The molecule has 2 aliphatic heterocycles. The quantitative estimate of drug-likeness (QED) is 0.749. The summed E-state index contributed by atoms with van der Waals surface area (Å²) in [5, 5.41) is 0.717. The fourth-order valence-electron chi connectivity index (χ4n) is 4.44. The molecule has 0 unspecified atom stereocenters. The van der Waals surface area contributed by atoms with E-state index in [1.54, 1.807) is 7.11 Å². The Morgan fingerprint density at radius 2 is 1.79 bits per heavy atom. The zero-order valence-electron chi connectivity index (χ0n) is 16.8. The summed E-state index contributed by atoms with van der Waals surface area (Å²) in [6, 6.07) is 6.51. The highest BCUT2D eigenvalue weighted by atomic mass is 35.5. The number of piperazine rings is 2. The van der Waals surface area contributed by atoms with Crippen molar-refractivity contribution in [2.24, 2.45) is 0 Å². The predicted molar refractivity (Wildman–Crippen MR) is 112 cm³/mol. The summed E-state index contributed by atoms with van der Waals surface area (Å²) in [5.41, 5.74) is 1.04. The highest BCUT2D eigenvalue weighted by molar-refractivity contribution is 6.30. The third-order valence-electron chi connectivity index (χ3n) is 6.47. The minimum Gasteiger partial charge on any atom is -0.495 e. The fourth-order valence-corrected chi connectivity index (χ4v) is 4.60.